The van der Waals surface area contributed by atoms with Gasteiger partial charge in [0, 0.05) is 24.7 Å². The molecule has 0 aromatic carbocycles. The average Bonchev–Trinajstić information content (AvgIpc) is 2.12. The predicted molar refractivity (Wildman–Crippen MR) is 64.8 cm³/mol. The molecule has 0 aromatic heterocycles. The molecule has 0 unspecified atom stereocenters. The second-order valence-corrected chi connectivity index (χ2v) is 4.89. The number of nitrogens with one attached hydrogen (secondary N) is 1. The number of rotatable bonds is 7. The molecule has 0 amide bonds. The molecule has 0 heterocycles. The van der Waals surface area contributed by atoms with E-state index in [4.69, 9.17) is 0 Å². The van der Waals surface area contributed by atoms with E-state index in [0.717, 1.165) is 19.6 Å². The SMILES string of the molecule is CCN(CCNC(C)(C)CC)C(C)C. The lowest BCUT2D eigenvalue weighted by Crippen LogP contribution is -2.44. The summed E-state index contributed by atoms with van der Waals surface area (Å²) in [5.74, 6) is 0. The van der Waals surface area contributed by atoms with Crippen molar-refractivity contribution in [2.45, 2.75) is 59.5 Å². The van der Waals surface area contributed by atoms with Crippen molar-refractivity contribution in [2.75, 3.05) is 19.6 Å². The van der Waals surface area contributed by atoms with Gasteiger partial charge in [-0.3, -0.25) is 4.90 Å². The maximum atomic E-state index is 3.59. The highest BCUT2D eigenvalue weighted by atomic mass is 15.2. The third kappa shape index (κ3) is 5.61. The number of likely N-dealkylation sites (N-methyl/N-ethyl adjacent to an activating group) is 1. The maximum absolute atomic E-state index is 3.59. The summed E-state index contributed by atoms with van der Waals surface area (Å²) < 4.78 is 0. The molecule has 0 saturated heterocycles. The van der Waals surface area contributed by atoms with Crippen LogP contribution in [-0.4, -0.2) is 36.1 Å². The zero-order valence-electron chi connectivity index (χ0n) is 10.9. The summed E-state index contributed by atoms with van der Waals surface area (Å²) in [5, 5.41) is 3.59. The van der Waals surface area contributed by atoms with E-state index in [9.17, 15) is 0 Å². The van der Waals surface area contributed by atoms with Gasteiger partial charge in [-0.2, -0.15) is 0 Å². The van der Waals surface area contributed by atoms with Crippen LogP contribution in [0.4, 0.5) is 0 Å². The van der Waals surface area contributed by atoms with Crippen LogP contribution in [-0.2, 0) is 0 Å². The maximum Gasteiger partial charge on any atom is 0.0123 e. The van der Waals surface area contributed by atoms with Gasteiger partial charge >= 0.3 is 0 Å². The molecule has 0 rings (SSSR count). The molecule has 2 nitrogen and oxygen atoms in total. The lowest BCUT2D eigenvalue weighted by atomic mass is 10.0. The van der Waals surface area contributed by atoms with Crippen LogP contribution < -0.4 is 5.32 Å². The minimum atomic E-state index is 0.288. The Morgan fingerprint density at radius 2 is 1.79 bits per heavy atom. The van der Waals surface area contributed by atoms with E-state index in [0.29, 0.717) is 6.04 Å². The van der Waals surface area contributed by atoms with Crippen molar-refractivity contribution in [2.24, 2.45) is 0 Å². The van der Waals surface area contributed by atoms with Crippen LogP contribution in [0.5, 0.6) is 0 Å². The zero-order chi connectivity index (χ0) is 11.2. The molecule has 0 aliphatic rings. The van der Waals surface area contributed by atoms with Crippen LogP contribution in [0, 0.1) is 0 Å². The molecule has 2 heteroatoms. The summed E-state index contributed by atoms with van der Waals surface area (Å²) in [7, 11) is 0. The molecule has 0 saturated carbocycles. The van der Waals surface area contributed by atoms with Gasteiger partial charge in [-0.1, -0.05) is 13.8 Å². The second kappa shape index (κ2) is 6.41. The molecule has 1 N–H and O–H groups in total. The minimum absolute atomic E-state index is 0.288. The number of nitrogens with zero attached hydrogens (tertiary/aromatic N) is 1. The molecule has 0 radical (unpaired) electrons. The lowest BCUT2D eigenvalue weighted by Gasteiger charge is -2.29. The van der Waals surface area contributed by atoms with Crippen LogP contribution in [0.1, 0.15) is 48.0 Å². The normalized spacial score (nSPS) is 12.9. The summed E-state index contributed by atoms with van der Waals surface area (Å²) in [6.07, 6.45) is 1.18. The highest BCUT2D eigenvalue weighted by Gasteiger charge is 2.14. The van der Waals surface area contributed by atoms with Gasteiger partial charge in [-0.15, -0.1) is 0 Å². The molecule has 0 aromatic rings. The van der Waals surface area contributed by atoms with Crippen molar-refractivity contribution in [1.29, 1.82) is 0 Å². The first-order valence-electron chi connectivity index (χ1n) is 5.92. The zero-order valence-corrected chi connectivity index (χ0v) is 10.9. The van der Waals surface area contributed by atoms with Crippen molar-refractivity contribution < 1.29 is 0 Å². The van der Waals surface area contributed by atoms with E-state index in [1.54, 1.807) is 0 Å². The van der Waals surface area contributed by atoms with Crippen LogP contribution >= 0.6 is 0 Å². The molecule has 0 atom stereocenters. The Hall–Kier alpha value is -0.0800. The first kappa shape index (κ1) is 13.9. The molecular weight excluding hydrogens is 172 g/mol. The highest BCUT2D eigenvalue weighted by molar-refractivity contribution is 4.76. The van der Waals surface area contributed by atoms with Gasteiger partial charge in [0.1, 0.15) is 0 Å². The standard InChI is InChI=1S/C12H28N2/c1-7-12(5,6)13-9-10-14(8-2)11(3)4/h11,13H,7-10H2,1-6H3. The Balaban J connectivity index is 3.71. The Bertz CT molecular complexity index is 141. The molecule has 0 spiro atoms. The fourth-order valence-corrected chi connectivity index (χ4v) is 1.44. The van der Waals surface area contributed by atoms with Crippen LogP contribution in [0.25, 0.3) is 0 Å². The first-order chi connectivity index (χ1) is 6.43. The van der Waals surface area contributed by atoms with Gasteiger partial charge in [0.05, 0.1) is 0 Å². The van der Waals surface area contributed by atoms with Crippen molar-refractivity contribution in [1.82, 2.24) is 10.2 Å². The summed E-state index contributed by atoms with van der Waals surface area (Å²) >= 11 is 0. The third-order valence-corrected chi connectivity index (χ3v) is 3.02. The molecule has 0 bridgehead atoms. The molecule has 0 aliphatic heterocycles. The van der Waals surface area contributed by atoms with Gasteiger partial charge in [0.25, 0.3) is 0 Å². The number of hydrogen-bond donors (Lipinski definition) is 1. The summed E-state index contributed by atoms with van der Waals surface area (Å²) in [4.78, 5) is 2.48. The molecule has 14 heavy (non-hydrogen) atoms. The van der Waals surface area contributed by atoms with E-state index in [2.05, 4.69) is 51.8 Å². The Kier molecular flexibility index (Phi) is 6.38. The smallest absolute Gasteiger partial charge is 0.0123 e. The van der Waals surface area contributed by atoms with Gasteiger partial charge in [-0.05, 0) is 40.7 Å². The Labute approximate surface area is 90.1 Å². The quantitative estimate of drug-likeness (QED) is 0.679. The monoisotopic (exact) mass is 200 g/mol. The van der Waals surface area contributed by atoms with Crippen molar-refractivity contribution >= 4 is 0 Å². The van der Waals surface area contributed by atoms with Crippen LogP contribution in [0.2, 0.25) is 0 Å². The van der Waals surface area contributed by atoms with Crippen molar-refractivity contribution in [3.8, 4) is 0 Å². The second-order valence-electron chi connectivity index (χ2n) is 4.89. The molecule has 0 aliphatic carbocycles. The van der Waals surface area contributed by atoms with E-state index in [1.165, 1.54) is 6.42 Å². The first-order valence-corrected chi connectivity index (χ1v) is 5.92. The predicted octanol–water partition coefficient (Wildman–Crippen LogP) is 2.49. The topological polar surface area (TPSA) is 15.3 Å². The van der Waals surface area contributed by atoms with Crippen LogP contribution in [0.15, 0.2) is 0 Å². The minimum Gasteiger partial charge on any atom is -0.311 e. The van der Waals surface area contributed by atoms with Gasteiger partial charge < -0.3 is 5.32 Å². The van der Waals surface area contributed by atoms with E-state index in [-0.39, 0.29) is 5.54 Å². The van der Waals surface area contributed by atoms with Gasteiger partial charge in [0.2, 0.25) is 0 Å². The van der Waals surface area contributed by atoms with E-state index < -0.39 is 0 Å². The summed E-state index contributed by atoms with van der Waals surface area (Å²) in [6, 6.07) is 0.659. The van der Waals surface area contributed by atoms with Crippen molar-refractivity contribution in [3.63, 3.8) is 0 Å². The van der Waals surface area contributed by atoms with Crippen LogP contribution in [0.3, 0.4) is 0 Å². The highest BCUT2D eigenvalue weighted by Crippen LogP contribution is 2.06. The van der Waals surface area contributed by atoms with Gasteiger partial charge in [-0.25, -0.2) is 0 Å². The average molecular weight is 200 g/mol. The van der Waals surface area contributed by atoms with E-state index in [1.807, 2.05) is 0 Å². The fourth-order valence-electron chi connectivity index (χ4n) is 1.44. The lowest BCUT2D eigenvalue weighted by molar-refractivity contribution is 0.222. The van der Waals surface area contributed by atoms with E-state index >= 15 is 0 Å². The Morgan fingerprint density at radius 3 is 2.14 bits per heavy atom. The summed E-state index contributed by atoms with van der Waals surface area (Å²) in [5.41, 5.74) is 0.288. The largest absolute Gasteiger partial charge is 0.311 e. The third-order valence-electron chi connectivity index (χ3n) is 3.02. The van der Waals surface area contributed by atoms with Gasteiger partial charge in [0.15, 0.2) is 0 Å². The molecule has 86 valence electrons. The number of hydrogen-bond acceptors (Lipinski definition) is 2. The molecular formula is C12H28N2. The Morgan fingerprint density at radius 1 is 1.21 bits per heavy atom. The van der Waals surface area contributed by atoms with Crippen molar-refractivity contribution in [3.05, 3.63) is 0 Å². The fraction of sp³-hybridized carbons (Fsp3) is 1.00. The summed E-state index contributed by atoms with van der Waals surface area (Å²) in [6.45, 7) is 16.9. The molecule has 0 fully saturated rings.